The molecule has 1 amide bonds. The van der Waals surface area contributed by atoms with E-state index in [4.69, 9.17) is 10.9 Å². The van der Waals surface area contributed by atoms with Crippen LogP contribution in [-0.4, -0.2) is 21.9 Å². The number of aryl methyl sites for hydroxylation is 1. The predicted octanol–water partition coefficient (Wildman–Crippen LogP) is 1.48. The Hall–Kier alpha value is -1.63. The highest BCUT2D eigenvalue weighted by atomic mass is 32.1. The van der Waals surface area contributed by atoms with Crippen LogP contribution in [0.15, 0.2) is 11.4 Å². The average Bonchev–Trinajstić information content (AvgIpc) is 2.89. The van der Waals surface area contributed by atoms with Gasteiger partial charge in [-0.25, -0.2) is 4.98 Å². The molecule has 0 aromatic carbocycles. The molecule has 0 saturated heterocycles. The smallest absolute Gasteiger partial charge is 0.231 e. The van der Waals surface area contributed by atoms with Crippen LogP contribution < -0.4 is 11.1 Å². The second-order valence-corrected chi connectivity index (χ2v) is 5.36. The van der Waals surface area contributed by atoms with E-state index in [1.807, 2.05) is 13.1 Å². The lowest BCUT2D eigenvalue weighted by Gasteiger charge is -2.13. The summed E-state index contributed by atoms with van der Waals surface area (Å²) in [6.45, 7) is 4.38. The molecular formula is C12H20N4O2S. The minimum atomic E-state index is -0.583. The van der Waals surface area contributed by atoms with Crippen molar-refractivity contribution in [2.75, 3.05) is 0 Å². The van der Waals surface area contributed by atoms with E-state index in [0.29, 0.717) is 13.0 Å². The maximum Gasteiger partial charge on any atom is 0.231 e. The van der Waals surface area contributed by atoms with Gasteiger partial charge in [0.05, 0.1) is 12.5 Å². The first-order valence-electron chi connectivity index (χ1n) is 6.31. The standard InChI is InChI=1S/C12H20N4O2S/c1-3-5-9(11(13)16-18)12(17)15-7-10-14-6-8(4-2)19-10/h6,9,18H,3-5,7H2,1-2H3,(H2,13,16)(H,15,17). The summed E-state index contributed by atoms with van der Waals surface area (Å²) in [5.74, 6) is -0.862. The van der Waals surface area contributed by atoms with Gasteiger partial charge in [0.15, 0.2) is 5.84 Å². The van der Waals surface area contributed by atoms with Gasteiger partial charge in [0, 0.05) is 11.1 Å². The van der Waals surface area contributed by atoms with E-state index in [1.165, 1.54) is 4.88 Å². The van der Waals surface area contributed by atoms with Crippen molar-refractivity contribution in [3.8, 4) is 0 Å². The maximum atomic E-state index is 12.0. The summed E-state index contributed by atoms with van der Waals surface area (Å²) < 4.78 is 0. The molecule has 0 spiro atoms. The van der Waals surface area contributed by atoms with Gasteiger partial charge in [-0.15, -0.1) is 11.3 Å². The Balaban J connectivity index is 2.57. The van der Waals surface area contributed by atoms with Crippen LogP contribution in [0.1, 0.15) is 36.6 Å². The summed E-state index contributed by atoms with van der Waals surface area (Å²) in [5, 5.41) is 15.2. The largest absolute Gasteiger partial charge is 0.409 e. The first-order valence-corrected chi connectivity index (χ1v) is 7.12. The van der Waals surface area contributed by atoms with Crippen LogP contribution in [0, 0.1) is 5.92 Å². The molecular weight excluding hydrogens is 264 g/mol. The zero-order valence-electron chi connectivity index (χ0n) is 11.2. The molecule has 1 aromatic rings. The Kier molecular flexibility index (Phi) is 6.27. The van der Waals surface area contributed by atoms with Gasteiger partial charge in [-0.05, 0) is 12.8 Å². The molecule has 1 heterocycles. The van der Waals surface area contributed by atoms with Gasteiger partial charge >= 0.3 is 0 Å². The van der Waals surface area contributed by atoms with Gasteiger partial charge in [-0.3, -0.25) is 4.79 Å². The molecule has 1 aromatic heterocycles. The lowest BCUT2D eigenvalue weighted by atomic mass is 10.0. The van der Waals surface area contributed by atoms with Crippen LogP contribution >= 0.6 is 11.3 Å². The fraction of sp³-hybridized carbons (Fsp3) is 0.583. The normalized spacial score (nSPS) is 13.3. The summed E-state index contributed by atoms with van der Waals surface area (Å²) in [5.41, 5.74) is 5.52. The molecule has 0 bridgehead atoms. The third kappa shape index (κ3) is 4.51. The van der Waals surface area contributed by atoms with Crippen LogP contribution in [0.4, 0.5) is 0 Å². The fourth-order valence-corrected chi connectivity index (χ4v) is 2.45. The van der Waals surface area contributed by atoms with Crippen LogP contribution in [0.5, 0.6) is 0 Å². The maximum absolute atomic E-state index is 12.0. The van der Waals surface area contributed by atoms with Crippen molar-refractivity contribution in [1.29, 1.82) is 0 Å². The summed E-state index contributed by atoms with van der Waals surface area (Å²) in [7, 11) is 0. The summed E-state index contributed by atoms with van der Waals surface area (Å²) in [6.07, 6.45) is 4.10. The van der Waals surface area contributed by atoms with E-state index in [1.54, 1.807) is 11.3 Å². The topological polar surface area (TPSA) is 101 Å². The molecule has 1 rings (SSSR count). The number of aromatic nitrogens is 1. The monoisotopic (exact) mass is 284 g/mol. The molecule has 1 unspecified atom stereocenters. The van der Waals surface area contributed by atoms with Gasteiger partial charge in [0.2, 0.25) is 5.91 Å². The lowest BCUT2D eigenvalue weighted by Crippen LogP contribution is -2.38. The first-order chi connectivity index (χ1) is 9.12. The number of nitrogens with zero attached hydrogens (tertiary/aromatic N) is 2. The van der Waals surface area contributed by atoms with Gasteiger partial charge in [-0.2, -0.15) is 0 Å². The third-order valence-electron chi connectivity index (χ3n) is 2.73. The summed E-state index contributed by atoms with van der Waals surface area (Å²) in [6, 6.07) is 0. The number of hydrogen-bond acceptors (Lipinski definition) is 5. The third-order valence-corrected chi connectivity index (χ3v) is 3.87. The molecule has 106 valence electrons. The summed E-state index contributed by atoms with van der Waals surface area (Å²) in [4.78, 5) is 17.4. The number of nitrogens with two attached hydrogens (primary N) is 1. The number of carbonyl (C=O) groups is 1. The van der Waals surface area contributed by atoms with Gasteiger partial charge in [0.25, 0.3) is 0 Å². The zero-order valence-corrected chi connectivity index (χ0v) is 12.0. The zero-order chi connectivity index (χ0) is 14.3. The Labute approximate surface area is 116 Å². The molecule has 0 aliphatic heterocycles. The molecule has 7 heteroatoms. The highest BCUT2D eigenvalue weighted by Crippen LogP contribution is 2.13. The second-order valence-electron chi connectivity index (χ2n) is 4.16. The molecule has 0 aliphatic rings. The Morgan fingerprint density at radius 1 is 1.63 bits per heavy atom. The Bertz CT molecular complexity index is 445. The Morgan fingerprint density at radius 3 is 2.89 bits per heavy atom. The predicted molar refractivity (Wildman–Crippen MR) is 75.1 cm³/mol. The Morgan fingerprint density at radius 2 is 2.37 bits per heavy atom. The quantitative estimate of drug-likeness (QED) is 0.305. The molecule has 1 atom stereocenters. The van der Waals surface area contributed by atoms with Gasteiger partial charge in [-0.1, -0.05) is 25.4 Å². The van der Waals surface area contributed by atoms with Crippen molar-refractivity contribution < 1.29 is 10.0 Å². The number of thiazole rings is 1. The SMILES string of the molecule is CCCC(C(=O)NCc1ncc(CC)s1)/C(N)=N/O. The van der Waals surface area contributed by atoms with Crippen molar-refractivity contribution in [2.45, 2.75) is 39.7 Å². The van der Waals surface area contributed by atoms with E-state index < -0.39 is 5.92 Å². The van der Waals surface area contributed by atoms with Crippen molar-refractivity contribution in [1.82, 2.24) is 10.3 Å². The number of hydrogen-bond donors (Lipinski definition) is 3. The molecule has 6 nitrogen and oxygen atoms in total. The van der Waals surface area contributed by atoms with E-state index in [0.717, 1.165) is 17.8 Å². The van der Waals surface area contributed by atoms with Gasteiger partial charge < -0.3 is 16.3 Å². The number of rotatable bonds is 7. The van der Waals surface area contributed by atoms with Crippen molar-refractivity contribution >= 4 is 23.1 Å². The van der Waals surface area contributed by atoms with Gasteiger partial charge in [0.1, 0.15) is 5.01 Å². The van der Waals surface area contributed by atoms with Crippen LogP contribution in [0.3, 0.4) is 0 Å². The van der Waals surface area contributed by atoms with Crippen molar-refractivity contribution in [3.63, 3.8) is 0 Å². The van der Waals surface area contributed by atoms with Crippen LogP contribution in [0.2, 0.25) is 0 Å². The number of nitrogens with one attached hydrogen (secondary N) is 1. The van der Waals surface area contributed by atoms with Crippen molar-refractivity contribution in [3.05, 3.63) is 16.1 Å². The second kappa shape index (κ2) is 7.73. The molecule has 0 aliphatic carbocycles. The van der Waals surface area contributed by atoms with E-state index in [2.05, 4.69) is 22.4 Å². The van der Waals surface area contributed by atoms with Crippen LogP contribution in [-0.2, 0) is 17.8 Å². The molecule has 0 fully saturated rings. The fourth-order valence-electron chi connectivity index (χ4n) is 1.65. The minimum Gasteiger partial charge on any atom is -0.409 e. The number of oxime groups is 1. The molecule has 19 heavy (non-hydrogen) atoms. The number of carbonyl (C=O) groups excluding carboxylic acids is 1. The molecule has 0 saturated carbocycles. The summed E-state index contributed by atoms with van der Waals surface area (Å²) >= 11 is 1.58. The van der Waals surface area contributed by atoms with E-state index in [9.17, 15) is 4.79 Å². The average molecular weight is 284 g/mol. The van der Waals surface area contributed by atoms with Crippen molar-refractivity contribution in [2.24, 2.45) is 16.8 Å². The lowest BCUT2D eigenvalue weighted by molar-refractivity contribution is -0.123. The number of amidine groups is 1. The highest BCUT2D eigenvalue weighted by molar-refractivity contribution is 7.11. The highest BCUT2D eigenvalue weighted by Gasteiger charge is 2.22. The first kappa shape index (κ1) is 15.4. The minimum absolute atomic E-state index is 0.0484. The number of amides is 1. The van der Waals surface area contributed by atoms with E-state index >= 15 is 0 Å². The molecule has 0 radical (unpaired) electrons. The van der Waals surface area contributed by atoms with Crippen LogP contribution in [0.25, 0.3) is 0 Å². The van der Waals surface area contributed by atoms with E-state index in [-0.39, 0.29) is 11.7 Å². The molecule has 4 N–H and O–H groups in total.